The van der Waals surface area contributed by atoms with Crippen molar-refractivity contribution in [2.75, 3.05) is 11.9 Å². The van der Waals surface area contributed by atoms with Crippen molar-refractivity contribution in [3.63, 3.8) is 0 Å². The Balaban J connectivity index is 1.94. The van der Waals surface area contributed by atoms with Crippen LogP contribution in [0.5, 0.6) is 5.75 Å². The topological polar surface area (TPSA) is 64.6 Å². The predicted octanol–water partition coefficient (Wildman–Crippen LogP) is 4.57. The Morgan fingerprint density at radius 2 is 1.63 bits per heavy atom. The molecule has 1 amide bonds. The molecule has 144 valence electrons. The lowest BCUT2D eigenvalue weighted by Crippen LogP contribution is -2.22. The van der Waals surface area contributed by atoms with Gasteiger partial charge < -0.3 is 14.8 Å². The van der Waals surface area contributed by atoms with Gasteiger partial charge in [-0.3, -0.25) is 4.79 Å². The Labute approximate surface area is 160 Å². The SMILES string of the molecule is CC(C)OC(=O)c1ccc(NC(=O)COc2ccccc2C(C)(C)C)cc1. The number of nitrogens with one attached hydrogen (secondary N) is 1. The molecule has 5 nitrogen and oxygen atoms in total. The molecular weight excluding hydrogens is 342 g/mol. The maximum Gasteiger partial charge on any atom is 0.338 e. The van der Waals surface area contributed by atoms with Gasteiger partial charge in [0, 0.05) is 5.69 Å². The molecule has 0 aromatic heterocycles. The van der Waals surface area contributed by atoms with Gasteiger partial charge in [-0.15, -0.1) is 0 Å². The number of benzene rings is 2. The predicted molar refractivity (Wildman–Crippen MR) is 106 cm³/mol. The number of hydrogen-bond acceptors (Lipinski definition) is 4. The zero-order chi connectivity index (χ0) is 20.0. The highest BCUT2D eigenvalue weighted by molar-refractivity contribution is 5.93. The molecule has 1 N–H and O–H groups in total. The minimum absolute atomic E-state index is 0.0759. The average Bonchev–Trinajstić information content (AvgIpc) is 2.59. The molecule has 0 aliphatic carbocycles. The number of rotatable bonds is 6. The summed E-state index contributed by atoms with van der Waals surface area (Å²) in [5, 5.41) is 2.76. The van der Waals surface area contributed by atoms with E-state index in [0.717, 1.165) is 5.56 Å². The van der Waals surface area contributed by atoms with Crippen molar-refractivity contribution in [2.24, 2.45) is 0 Å². The van der Waals surface area contributed by atoms with Crippen LogP contribution in [0.15, 0.2) is 48.5 Å². The lowest BCUT2D eigenvalue weighted by atomic mass is 9.86. The number of para-hydroxylation sites is 1. The van der Waals surface area contributed by atoms with Crippen LogP contribution in [0.1, 0.15) is 50.5 Å². The molecule has 0 unspecified atom stereocenters. The molecule has 0 saturated heterocycles. The van der Waals surface area contributed by atoms with Crippen LogP contribution >= 0.6 is 0 Å². The van der Waals surface area contributed by atoms with Crippen molar-refractivity contribution in [1.29, 1.82) is 0 Å². The van der Waals surface area contributed by atoms with E-state index in [9.17, 15) is 9.59 Å². The number of anilines is 1. The van der Waals surface area contributed by atoms with E-state index in [1.54, 1.807) is 38.1 Å². The molecular formula is C22H27NO4. The van der Waals surface area contributed by atoms with E-state index in [-0.39, 0.29) is 30.0 Å². The van der Waals surface area contributed by atoms with Crippen LogP contribution in [-0.4, -0.2) is 24.6 Å². The van der Waals surface area contributed by atoms with Crippen LogP contribution in [0.3, 0.4) is 0 Å². The van der Waals surface area contributed by atoms with Crippen molar-refractivity contribution in [3.8, 4) is 5.75 Å². The Morgan fingerprint density at radius 1 is 1.00 bits per heavy atom. The zero-order valence-corrected chi connectivity index (χ0v) is 16.5. The molecule has 0 aliphatic rings. The summed E-state index contributed by atoms with van der Waals surface area (Å²) in [6, 6.07) is 14.3. The Kier molecular flexibility index (Phi) is 6.61. The lowest BCUT2D eigenvalue weighted by molar-refractivity contribution is -0.118. The maximum atomic E-state index is 12.2. The third-order valence-corrected chi connectivity index (χ3v) is 3.80. The summed E-state index contributed by atoms with van der Waals surface area (Å²) in [6.45, 7) is 9.79. The summed E-state index contributed by atoms with van der Waals surface area (Å²) < 4.78 is 10.9. The van der Waals surface area contributed by atoms with Gasteiger partial charge in [0.25, 0.3) is 5.91 Å². The summed E-state index contributed by atoms with van der Waals surface area (Å²) >= 11 is 0. The summed E-state index contributed by atoms with van der Waals surface area (Å²) in [7, 11) is 0. The number of esters is 1. The first-order valence-electron chi connectivity index (χ1n) is 9.00. The van der Waals surface area contributed by atoms with E-state index in [1.807, 2.05) is 24.3 Å². The molecule has 0 saturated carbocycles. The molecule has 0 atom stereocenters. The van der Waals surface area contributed by atoms with Crippen LogP contribution in [0.4, 0.5) is 5.69 Å². The minimum atomic E-state index is -0.384. The summed E-state index contributed by atoms with van der Waals surface area (Å²) in [5.74, 6) is 0.0492. The summed E-state index contributed by atoms with van der Waals surface area (Å²) in [5.41, 5.74) is 2.00. The highest BCUT2D eigenvalue weighted by atomic mass is 16.5. The molecule has 5 heteroatoms. The van der Waals surface area contributed by atoms with Crippen molar-refractivity contribution in [1.82, 2.24) is 0 Å². The largest absolute Gasteiger partial charge is 0.483 e. The van der Waals surface area contributed by atoms with Gasteiger partial charge in [-0.25, -0.2) is 4.79 Å². The van der Waals surface area contributed by atoms with Gasteiger partial charge in [0.2, 0.25) is 0 Å². The van der Waals surface area contributed by atoms with E-state index < -0.39 is 0 Å². The van der Waals surface area contributed by atoms with Crippen LogP contribution < -0.4 is 10.1 Å². The molecule has 2 aromatic rings. The Hall–Kier alpha value is -2.82. The van der Waals surface area contributed by atoms with Crippen LogP contribution in [0, 0.1) is 0 Å². The molecule has 0 spiro atoms. The van der Waals surface area contributed by atoms with Crippen molar-refractivity contribution in [3.05, 3.63) is 59.7 Å². The molecule has 0 radical (unpaired) electrons. The van der Waals surface area contributed by atoms with Gasteiger partial charge in [-0.1, -0.05) is 39.0 Å². The standard InChI is InChI=1S/C22H27NO4/c1-15(2)27-21(25)16-10-12-17(13-11-16)23-20(24)14-26-19-9-7-6-8-18(19)22(3,4)5/h6-13,15H,14H2,1-5H3,(H,23,24). The first-order chi connectivity index (χ1) is 12.7. The molecule has 2 aromatic carbocycles. The van der Waals surface area contributed by atoms with Crippen molar-refractivity contribution < 1.29 is 19.1 Å². The quantitative estimate of drug-likeness (QED) is 0.758. The summed E-state index contributed by atoms with van der Waals surface area (Å²) in [4.78, 5) is 24.0. The third kappa shape index (κ3) is 6.13. The van der Waals surface area contributed by atoms with E-state index in [4.69, 9.17) is 9.47 Å². The van der Waals surface area contributed by atoms with Crippen LogP contribution in [-0.2, 0) is 14.9 Å². The second-order valence-corrected chi connectivity index (χ2v) is 7.61. The Morgan fingerprint density at radius 3 is 2.22 bits per heavy atom. The third-order valence-electron chi connectivity index (χ3n) is 3.80. The van der Waals surface area contributed by atoms with Gasteiger partial charge in [0.15, 0.2) is 6.61 Å². The van der Waals surface area contributed by atoms with Gasteiger partial charge >= 0.3 is 5.97 Å². The highest BCUT2D eigenvalue weighted by Crippen LogP contribution is 2.30. The van der Waals surface area contributed by atoms with Gasteiger partial charge in [-0.2, -0.15) is 0 Å². The highest BCUT2D eigenvalue weighted by Gasteiger charge is 2.19. The Bertz CT molecular complexity index is 789. The summed E-state index contributed by atoms with van der Waals surface area (Å²) in [6.07, 6.45) is -0.176. The maximum absolute atomic E-state index is 12.2. The van der Waals surface area contributed by atoms with Crippen LogP contribution in [0.25, 0.3) is 0 Å². The molecule has 0 bridgehead atoms. The van der Waals surface area contributed by atoms with Crippen molar-refractivity contribution >= 4 is 17.6 Å². The second-order valence-electron chi connectivity index (χ2n) is 7.61. The number of ether oxygens (including phenoxy) is 2. The molecule has 2 rings (SSSR count). The van der Waals surface area contributed by atoms with E-state index >= 15 is 0 Å². The first-order valence-corrected chi connectivity index (χ1v) is 9.00. The van der Waals surface area contributed by atoms with E-state index in [2.05, 4.69) is 26.1 Å². The molecule has 27 heavy (non-hydrogen) atoms. The van der Waals surface area contributed by atoms with Gasteiger partial charge in [-0.05, 0) is 55.2 Å². The number of amides is 1. The van der Waals surface area contributed by atoms with Gasteiger partial charge in [0.05, 0.1) is 11.7 Å². The molecule has 0 fully saturated rings. The molecule has 0 aliphatic heterocycles. The van der Waals surface area contributed by atoms with Gasteiger partial charge in [0.1, 0.15) is 5.75 Å². The second kappa shape index (κ2) is 8.71. The fraction of sp³-hybridized carbons (Fsp3) is 0.364. The normalized spacial score (nSPS) is 11.2. The fourth-order valence-electron chi connectivity index (χ4n) is 2.52. The van der Waals surface area contributed by atoms with E-state index in [1.165, 1.54) is 0 Å². The lowest BCUT2D eigenvalue weighted by Gasteiger charge is -2.22. The van der Waals surface area contributed by atoms with Crippen LogP contribution in [0.2, 0.25) is 0 Å². The van der Waals surface area contributed by atoms with E-state index in [0.29, 0.717) is 17.0 Å². The monoisotopic (exact) mass is 369 g/mol. The number of hydrogen-bond donors (Lipinski definition) is 1. The number of carbonyl (C=O) groups excluding carboxylic acids is 2. The average molecular weight is 369 g/mol. The molecule has 0 heterocycles. The first kappa shape index (κ1) is 20.5. The number of carbonyl (C=O) groups is 2. The zero-order valence-electron chi connectivity index (χ0n) is 16.5. The fourth-order valence-corrected chi connectivity index (χ4v) is 2.52. The van der Waals surface area contributed by atoms with Crippen molar-refractivity contribution in [2.45, 2.75) is 46.1 Å². The minimum Gasteiger partial charge on any atom is -0.483 e. The smallest absolute Gasteiger partial charge is 0.338 e.